The third kappa shape index (κ3) is 3.35. The second kappa shape index (κ2) is 6.99. The Morgan fingerprint density at radius 1 is 0.652 bits per heavy atom. The summed E-state index contributed by atoms with van der Waals surface area (Å²) in [6, 6.07) is 29.2. The first-order chi connectivity index (χ1) is 11.3. The van der Waals surface area contributed by atoms with E-state index in [9.17, 15) is 0 Å². The molecule has 2 nitrogen and oxygen atoms in total. The lowest BCUT2D eigenvalue weighted by Gasteiger charge is -2.26. The quantitative estimate of drug-likeness (QED) is 0.423. The van der Waals surface area contributed by atoms with Crippen molar-refractivity contribution < 1.29 is 0 Å². The summed E-state index contributed by atoms with van der Waals surface area (Å²) in [7, 11) is 0. The van der Waals surface area contributed by atoms with Crippen LogP contribution in [0.15, 0.2) is 91.0 Å². The zero-order chi connectivity index (χ0) is 16.1. The van der Waals surface area contributed by atoms with E-state index in [1.807, 2.05) is 91.0 Å². The van der Waals surface area contributed by atoms with E-state index in [1.165, 1.54) is 0 Å². The van der Waals surface area contributed by atoms with Gasteiger partial charge in [-0.15, -0.1) is 0 Å². The van der Waals surface area contributed by atoms with E-state index in [4.69, 9.17) is 17.6 Å². The molecule has 112 valence electrons. The minimum atomic E-state index is 0.366. The molecule has 3 heteroatoms. The standard InChI is InChI=1S/C20H16N2S/c21-19(16-10-4-1-5-11-16)22(18-14-8-3-9-15-18)20(23)17-12-6-2-7-13-17/h1-15,21H. The van der Waals surface area contributed by atoms with Crippen molar-refractivity contribution in [3.8, 4) is 0 Å². The normalized spacial score (nSPS) is 10.1. The fourth-order valence-electron chi connectivity index (χ4n) is 2.36. The van der Waals surface area contributed by atoms with Crippen molar-refractivity contribution in [2.45, 2.75) is 0 Å². The van der Waals surface area contributed by atoms with Crippen molar-refractivity contribution in [3.63, 3.8) is 0 Å². The van der Waals surface area contributed by atoms with Crippen molar-refractivity contribution in [3.05, 3.63) is 102 Å². The molecule has 3 aromatic rings. The molecule has 3 rings (SSSR count). The molecule has 0 aromatic heterocycles. The maximum Gasteiger partial charge on any atom is 0.137 e. The van der Waals surface area contributed by atoms with Crippen LogP contribution in [0.4, 0.5) is 5.69 Å². The fraction of sp³-hybridized carbons (Fsp3) is 0. The third-order valence-corrected chi connectivity index (χ3v) is 3.93. The lowest BCUT2D eigenvalue weighted by molar-refractivity contribution is 1.34. The summed E-state index contributed by atoms with van der Waals surface area (Å²) in [5, 5.41) is 8.64. The van der Waals surface area contributed by atoms with Crippen molar-refractivity contribution in [2.24, 2.45) is 0 Å². The van der Waals surface area contributed by atoms with Crippen LogP contribution in [-0.4, -0.2) is 10.8 Å². The maximum atomic E-state index is 8.64. The summed E-state index contributed by atoms with van der Waals surface area (Å²) in [5.74, 6) is 0.366. The highest BCUT2D eigenvalue weighted by Gasteiger charge is 2.19. The zero-order valence-corrected chi connectivity index (χ0v) is 13.3. The number of para-hydroxylation sites is 1. The van der Waals surface area contributed by atoms with Crippen LogP contribution in [0.5, 0.6) is 0 Å². The van der Waals surface area contributed by atoms with Gasteiger partial charge in [-0.25, -0.2) is 0 Å². The summed E-state index contributed by atoms with van der Waals surface area (Å²) in [6.07, 6.45) is 0. The van der Waals surface area contributed by atoms with Gasteiger partial charge in [-0.1, -0.05) is 91.1 Å². The lowest BCUT2D eigenvalue weighted by atomic mass is 10.1. The summed E-state index contributed by atoms with van der Waals surface area (Å²) in [6.45, 7) is 0. The molecule has 0 radical (unpaired) electrons. The van der Waals surface area contributed by atoms with Gasteiger partial charge in [0.25, 0.3) is 0 Å². The molecule has 0 bridgehead atoms. The van der Waals surface area contributed by atoms with Gasteiger partial charge >= 0.3 is 0 Å². The van der Waals surface area contributed by atoms with Gasteiger partial charge in [0.05, 0.1) is 0 Å². The van der Waals surface area contributed by atoms with E-state index < -0.39 is 0 Å². The molecule has 0 aliphatic heterocycles. The Bertz CT molecular complexity index is 747. The van der Waals surface area contributed by atoms with Crippen LogP contribution in [0, 0.1) is 5.41 Å². The van der Waals surface area contributed by atoms with Crippen molar-refractivity contribution >= 4 is 28.7 Å². The summed E-state index contributed by atoms with van der Waals surface area (Å²) in [4.78, 5) is 2.42. The van der Waals surface area contributed by atoms with Crippen molar-refractivity contribution in [1.82, 2.24) is 0 Å². The highest BCUT2D eigenvalue weighted by atomic mass is 32.1. The number of nitrogens with zero attached hydrogens (tertiary/aromatic N) is 1. The number of benzene rings is 3. The predicted octanol–water partition coefficient (Wildman–Crippen LogP) is 4.89. The first-order valence-corrected chi connectivity index (χ1v) is 7.77. The second-order valence-corrected chi connectivity index (χ2v) is 5.44. The molecular formula is C20H16N2S. The predicted molar refractivity (Wildman–Crippen MR) is 100 cm³/mol. The van der Waals surface area contributed by atoms with Gasteiger partial charge in [-0.3, -0.25) is 10.3 Å². The molecule has 0 aliphatic carbocycles. The van der Waals surface area contributed by atoms with Crippen LogP contribution >= 0.6 is 12.2 Å². The number of hydrogen-bond acceptors (Lipinski definition) is 2. The molecule has 0 atom stereocenters. The van der Waals surface area contributed by atoms with Gasteiger partial charge in [0, 0.05) is 16.8 Å². The topological polar surface area (TPSA) is 27.1 Å². The minimum absolute atomic E-state index is 0.366. The highest BCUT2D eigenvalue weighted by Crippen LogP contribution is 2.20. The molecule has 0 fully saturated rings. The van der Waals surface area contributed by atoms with Gasteiger partial charge in [0.15, 0.2) is 0 Å². The van der Waals surface area contributed by atoms with E-state index in [0.717, 1.165) is 16.8 Å². The minimum Gasteiger partial charge on any atom is -0.285 e. The van der Waals surface area contributed by atoms with Gasteiger partial charge < -0.3 is 0 Å². The summed E-state index contributed by atoms with van der Waals surface area (Å²) < 4.78 is 0. The number of hydrogen-bond donors (Lipinski definition) is 1. The van der Waals surface area contributed by atoms with Crippen LogP contribution in [0.3, 0.4) is 0 Å². The Kier molecular flexibility index (Phi) is 4.60. The molecule has 0 amide bonds. The number of amidine groups is 1. The van der Waals surface area contributed by atoms with Gasteiger partial charge in [0.1, 0.15) is 10.8 Å². The molecule has 0 aliphatic rings. The zero-order valence-electron chi connectivity index (χ0n) is 12.5. The van der Waals surface area contributed by atoms with E-state index in [1.54, 1.807) is 4.90 Å². The molecule has 0 heterocycles. The largest absolute Gasteiger partial charge is 0.285 e. The molecule has 0 spiro atoms. The van der Waals surface area contributed by atoms with E-state index in [2.05, 4.69) is 0 Å². The maximum absolute atomic E-state index is 8.64. The number of rotatable bonds is 3. The highest BCUT2D eigenvalue weighted by molar-refractivity contribution is 7.81. The molecule has 0 unspecified atom stereocenters. The number of anilines is 1. The van der Waals surface area contributed by atoms with Gasteiger partial charge in [-0.2, -0.15) is 0 Å². The average molecular weight is 316 g/mol. The molecule has 3 aromatic carbocycles. The summed E-state index contributed by atoms with van der Waals surface area (Å²) >= 11 is 5.69. The van der Waals surface area contributed by atoms with Crippen LogP contribution in [0.1, 0.15) is 11.1 Å². The monoisotopic (exact) mass is 316 g/mol. The van der Waals surface area contributed by atoms with Crippen LogP contribution in [0.25, 0.3) is 0 Å². The molecule has 0 saturated carbocycles. The van der Waals surface area contributed by atoms with E-state index in [-0.39, 0.29) is 0 Å². The Morgan fingerprint density at radius 3 is 1.61 bits per heavy atom. The first kappa shape index (κ1) is 15.1. The Balaban J connectivity index is 2.05. The van der Waals surface area contributed by atoms with Gasteiger partial charge in [-0.05, 0) is 12.1 Å². The van der Waals surface area contributed by atoms with E-state index >= 15 is 0 Å². The van der Waals surface area contributed by atoms with Crippen LogP contribution in [0.2, 0.25) is 0 Å². The smallest absolute Gasteiger partial charge is 0.137 e. The third-order valence-electron chi connectivity index (χ3n) is 3.51. The molecule has 0 saturated heterocycles. The fourth-order valence-corrected chi connectivity index (χ4v) is 2.69. The van der Waals surface area contributed by atoms with Crippen LogP contribution < -0.4 is 4.90 Å². The van der Waals surface area contributed by atoms with E-state index in [0.29, 0.717) is 10.8 Å². The first-order valence-electron chi connectivity index (χ1n) is 7.36. The Hall–Kier alpha value is -2.78. The number of thiocarbonyl (C=S) groups is 1. The Labute approximate surface area is 141 Å². The molecular weight excluding hydrogens is 300 g/mol. The number of nitrogens with one attached hydrogen (secondary N) is 1. The van der Waals surface area contributed by atoms with Crippen molar-refractivity contribution in [1.29, 1.82) is 5.41 Å². The molecule has 23 heavy (non-hydrogen) atoms. The van der Waals surface area contributed by atoms with Crippen molar-refractivity contribution in [2.75, 3.05) is 4.90 Å². The molecule has 1 N–H and O–H groups in total. The summed E-state index contributed by atoms with van der Waals surface area (Å²) in [5.41, 5.74) is 2.64. The second-order valence-electron chi connectivity index (χ2n) is 5.06. The SMILES string of the molecule is N=C(c1ccccc1)N(C(=S)c1ccccc1)c1ccccc1. The average Bonchev–Trinajstić information content (AvgIpc) is 2.64. The Morgan fingerprint density at radius 2 is 1.09 bits per heavy atom. The van der Waals surface area contributed by atoms with Gasteiger partial charge in [0.2, 0.25) is 0 Å². The van der Waals surface area contributed by atoms with Crippen LogP contribution in [-0.2, 0) is 0 Å². The lowest BCUT2D eigenvalue weighted by Crippen LogP contribution is -2.36.